The second kappa shape index (κ2) is 7.36. The van der Waals surface area contributed by atoms with Crippen molar-refractivity contribution in [3.05, 3.63) is 103 Å². The second-order valence-corrected chi connectivity index (χ2v) is 9.65. The van der Waals surface area contributed by atoms with E-state index < -0.39 is 0 Å². The molecule has 1 aliphatic heterocycles. The van der Waals surface area contributed by atoms with Crippen LogP contribution in [0.3, 0.4) is 0 Å². The highest BCUT2D eigenvalue weighted by Crippen LogP contribution is 2.41. The normalized spacial score (nSPS) is 12.8. The summed E-state index contributed by atoms with van der Waals surface area (Å²) in [7, 11) is 0. The van der Waals surface area contributed by atoms with E-state index in [1.165, 1.54) is 42.1 Å². The minimum atomic E-state index is 0.715. The van der Waals surface area contributed by atoms with Crippen molar-refractivity contribution < 1.29 is 4.74 Å². The highest BCUT2D eigenvalue weighted by molar-refractivity contribution is 7.26. The Balaban J connectivity index is 1.34. The SMILES string of the molecule is c1ccc2c(c1)CCOc1ccc(Nc3ccc4sc5ccc6ccccc6c5c4c3)cc1-2. The third-order valence-corrected chi connectivity index (χ3v) is 7.70. The summed E-state index contributed by atoms with van der Waals surface area (Å²) in [6.07, 6.45) is 0.934. The predicted octanol–water partition coefficient (Wildman–Crippen LogP) is 8.55. The minimum Gasteiger partial charge on any atom is -0.493 e. The summed E-state index contributed by atoms with van der Waals surface area (Å²) in [4.78, 5) is 0. The van der Waals surface area contributed by atoms with Gasteiger partial charge in [0, 0.05) is 43.5 Å². The Hall–Kier alpha value is -3.82. The van der Waals surface area contributed by atoms with Crippen LogP contribution in [0, 0.1) is 0 Å². The average molecular weight is 444 g/mol. The zero-order chi connectivity index (χ0) is 21.8. The molecule has 0 aliphatic carbocycles. The van der Waals surface area contributed by atoms with Crippen LogP contribution >= 0.6 is 11.3 Å². The maximum absolute atomic E-state index is 6.05. The van der Waals surface area contributed by atoms with Crippen molar-refractivity contribution in [1.82, 2.24) is 0 Å². The van der Waals surface area contributed by atoms with Crippen molar-refractivity contribution in [3.8, 4) is 16.9 Å². The standard InChI is InChI=1S/C30H21NOS/c1-3-7-23-20(6-1)15-16-32-27-12-10-21(17-25(23)27)31-22-11-14-28-26(18-22)30-24-8-4-2-5-19(24)9-13-29(30)33-28/h1-14,17-18,31H,15-16H2. The lowest BCUT2D eigenvalue weighted by Gasteiger charge is -2.13. The first-order valence-corrected chi connectivity index (χ1v) is 12.1. The third-order valence-electron chi connectivity index (χ3n) is 6.56. The molecule has 158 valence electrons. The molecule has 2 heterocycles. The van der Waals surface area contributed by atoms with Crippen molar-refractivity contribution in [2.24, 2.45) is 0 Å². The van der Waals surface area contributed by atoms with Gasteiger partial charge in [-0.25, -0.2) is 0 Å². The Bertz CT molecular complexity index is 1680. The molecule has 6 aromatic rings. The molecule has 0 unspecified atom stereocenters. The van der Waals surface area contributed by atoms with Gasteiger partial charge in [-0.2, -0.15) is 0 Å². The smallest absolute Gasteiger partial charge is 0.127 e. The number of nitrogens with one attached hydrogen (secondary N) is 1. The van der Waals surface area contributed by atoms with Crippen LogP contribution in [-0.4, -0.2) is 6.61 Å². The number of rotatable bonds is 2. The highest BCUT2D eigenvalue weighted by Gasteiger charge is 2.16. The Kier molecular flexibility index (Phi) is 4.18. The Morgan fingerprint density at radius 1 is 0.667 bits per heavy atom. The lowest BCUT2D eigenvalue weighted by atomic mass is 9.97. The Morgan fingerprint density at radius 2 is 1.48 bits per heavy atom. The quantitative estimate of drug-likeness (QED) is 0.289. The van der Waals surface area contributed by atoms with Gasteiger partial charge in [-0.1, -0.05) is 54.6 Å². The number of ether oxygens (including phenoxy) is 1. The number of thiophene rings is 1. The molecule has 33 heavy (non-hydrogen) atoms. The summed E-state index contributed by atoms with van der Waals surface area (Å²) in [5.41, 5.74) is 5.92. The van der Waals surface area contributed by atoms with E-state index in [9.17, 15) is 0 Å². The number of fused-ring (bicyclic) bond motifs is 8. The van der Waals surface area contributed by atoms with Crippen LogP contribution in [0.1, 0.15) is 5.56 Å². The van der Waals surface area contributed by atoms with Crippen molar-refractivity contribution in [3.63, 3.8) is 0 Å². The van der Waals surface area contributed by atoms with Crippen LogP contribution in [-0.2, 0) is 6.42 Å². The highest BCUT2D eigenvalue weighted by atomic mass is 32.1. The molecule has 0 fully saturated rings. The third kappa shape index (κ3) is 3.08. The fourth-order valence-electron chi connectivity index (χ4n) is 5.01. The van der Waals surface area contributed by atoms with Crippen LogP contribution in [0.5, 0.6) is 5.75 Å². The van der Waals surface area contributed by atoms with Gasteiger partial charge in [-0.05, 0) is 64.4 Å². The first-order chi connectivity index (χ1) is 16.3. The van der Waals surface area contributed by atoms with Crippen molar-refractivity contribution in [2.75, 3.05) is 11.9 Å². The maximum Gasteiger partial charge on any atom is 0.127 e. The molecule has 0 atom stereocenters. The summed E-state index contributed by atoms with van der Waals surface area (Å²) < 4.78 is 8.69. The molecule has 0 spiro atoms. The summed E-state index contributed by atoms with van der Waals surface area (Å²) in [6.45, 7) is 0.715. The van der Waals surface area contributed by atoms with E-state index >= 15 is 0 Å². The molecule has 1 aliphatic rings. The van der Waals surface area contributed by atoms with Crippen LogP contribution in [0.2, 0.25) is 0 Å². The van der Waals surface area contributed by atoms with Crippen LogP contribution in [0.15, 0.2) is 97.1 Å². The molecule has 2 nitrogen and oxygen atoms in total. The van der Waals surface area contributed by atoms with E-state index in [2.05, 4.69) is 102 Å². The molecule has 0 amide bonds. The molecule has 5 aromatic carbocycles. The van der Waals surface area contributed by atoms with E-state index in [1.807, 2.05) is 11.3 Å². The van der Waals surface area contributed by atoms with Gasteiger partial charge in [0.1, 0.15) is 5.75 Å². The van der Waals surface area contributed by atoms with Crippen LogP contribution in [0.25, 0.3) is 42.1 Å². The van der Waals surface area contributed by atoms with Gasteiger partial charge < -0.3 is 10.1 Å². The van der Waals surface area contributed by atoms with Gasteiger partial charge in [0.05, 0.1) is 6.61 Å². The van der Waals surface area contributed by atoms with Gasteiger partial charge >= 0.3 is 0 Å². The van der Waals surface area contributed by atoms with Gasteiger partial charge in [-0.15, -0.1) is 11.3 Å². The molecule has 1 aromatic heterocycles. The summed E-state index contributed by atoms with van der Waals surface area (Å²) in [5, 5.41) is 8.90. The number of hydrogen-bond acceptors (Lipinski definition) is 3. The number of hydrogen-bond donors (Lipinski definition) is 1. The summed E-state index contributed by atoms with van der Waals surface area (Å²) in [6, 6.07) is 34.9. The van der Waals surface area contributed by atoms with E-state index in [0.717, 1.165) is 29.1 Å². The zero-order valence-electron chi connectivity index (χ0n) is 18.0. The second-order valence-electron chi connectivity index (χ2n) is 8.56. The number of anilines is 2. The first kappa shape index (κ1) is 18.7. The molecule has 7 rings (SSSR count). The largest absolute Gasteiger partial charge is 0.493 e. The van der Waals surface area contributed by atoms with Crippen molar-refractivity contribution >= 4 is 53.7 Å². The fourth-order valence-corrected chi connectivity index (χ4v) is 6.11. The van der Waals surface area contributed by atoms with Gasteiger partial charge in [-0.3, -0.25) is 0 Å². The van der Waals surface area contributed by atoms with E-state index in [1.54, 1.807) is 0 Å². The van der Waals surface area contributed by atoms with Crippen LogP contribution < -0.4 is 10.1 Å². The van der Waals surface area contributed by atoms with E-state index in [-0.39, 0.29) is 0 Å². The molecule has 3 heteroatoms. The summed E-state index contributed by atoms with van der Waals surface area (Å²) >= 11 is 1.86. The topological polar surface area (TPSA) is 21.3 Å². The average Bonchev–Trinajstić information content (AvgIpc) is 3.13. The first-order valence-electron chi connectivity index (χ1n) is 11.3. The monoisotopic (exact) mass is 443 g/mol. The minimum absolute atomic E-state index is 0.715. The lowest BCUT2D eigenvalue weighted by molar-refractivity contribution is 0.326. The number of benzene rings is 5. The molecule has 0 saturated heterocycles. The summed E-state index contributed by atoms with van der Waals surface area (Å²) in [5.74, 6) is 0.955. The van der Waals surface area contributed by atoms with E-state index in [0.29, 0.717) is 6.61 Å². The molecular formula is C30H21NOS. The predicted molar refractivity (Wildman–Crippen MR) is 141 cm³/mol. The van der Waals surface area contributed by atoms with Crippen molar-refractivity contribution in [2.45, 2.75) is 6.42 Å². The lowest BCUT2D eigenvalue weighted by Crippen LogP contribution is -1.98. The van der Waals surface area contributed by atoms with Crippen LogP contribution in [0.4, 0.5) is 11.4 Å². The van der Waals surface area contributed by atoms with Gasteiger partial charge in [0.15, 0.2) is 0 Å². The van der Waals surface area contributed by atoms with E-state index in [4.69, 9.17) is 4.74 Å². The Morgan fingerprint density at radius 3 is 2.48 bits per heavy atom. The van der Waals surface area contributed by atoms with Crippen molar-refractivity contribution in [1.29, 1.82) is 0 Å². The molecule has 0 radical (unpaired) electrons. The maximum atomic E-state index is 6.05. The molecule has 1 N–H and O–H groups in total. The molecule has 0 saturated carbocycles. The molecular weight excluding hydrogens is 422 g/mol. The van der Waals surface area contributed by atoms with Gasteiger partial charge in [0.2, 0.25) is 0 Å². The molecule has 0 bridgehead atoms. The fraction of sp³-hybridized carbons (Fsp3) is 0.0667. The van der Waals surface area contributed by atoms with Gasteiger partial charge in [0.25, 0.3) is 0 Å². The Labute approximate surface area is 196 Å². The zero-order valence-corrected chi connectivity index (χ0v) is 18.8.